The zero-order valence-electron chi connectivity index (χ0n) is 12.0. The van der Waals surface area contributed by atoms with Gasteiger partial charge in [-0.3, -0.25) is 11.3 Å². The van der Waals surface area contributed by atoms with Crippen molar-refractivity contribution < 1.29 is 8.78 Å². The van der Waals surface area contributed by atoms with Gasteiger partial charge in [0.1, 0.15) is 11.6 Å². The molecule has 0 amide bonds. The third-order valence-corrected chi connectivity index (χ3v) is 4.04. The second kappa shape index (κ2) is 6.41. The van der Waals surface area contributed by atoms with Crippen LogP contribution in [0.25, 0.3) is 0 Å². The summed E-state index contributed by atoms with van der Waals surface area (Å²) in [6, 6.07) is 3.18. The lowest BCUT2D eigenvalue weighted by Crippen LogP contribution is -2.54. The summed E-state index contributed by atoms with van der Waals surface area (Å²) in [4.78, 5) is 2.06. The van der Waals surface area contributed by atoms with Crippen LogP contribution < -0.4 is 11.3 Å². The maximum absolute atomic E-state index is 13.4. The zero-order valence-corrected chi connectivity index (χ0v) is 12.0. The minimum absolute atomic E-state index is 0.297. The lowest BCUT2D eigenvalue weighted by molar-refractivity contribution is 0.0879. The Kier molecular flexibility index (Phi) is 5.40. The van der Waals surface area contributed by atoms with E-state index in [0.717, 1.165) is 18.9 Å². The summed E-state index contributed by atoms with van der Waals surface area (Å²) >= 11 is 0. The summed E-state index contributed by atoms with van der Waals surface area (Å²) in [7, 11) is 3.90. The molecule has 108 valence electrons. The quantitative estimate of drug-likeness (QED) is 0.617. The van der Waals surface area contributed by atoms with Crippen LogP contribution in [-0.4, -0.2) is 24.5 Å². The maximum Gasteiger partial charge on any atom is 0.126 e. The van der Waals surface area contributed by atoms with Crippen molar-refractivity contribution >= 4 is 0 Å². The molecule has 1 unspecified atom stereocenters. The fourth-order valence-corrected chi connectivity index (χ4v) is 2.85. The first-order chi connectivity index (χ1) is 8.91. The predicted octanol–water partition coefficient (Wildman–Crippen LogP) is 2.59. The van der Waals surface area contributed by atoms with Crippen LogP contribution in [0.2, 0.25) is 0 Å². The summed E-state index contributed by atoms with van der Waals surface area (Å²) in [5, 5.41) is 0. The van der Waals surface area contributed by atoms with E-state index >= 15 is 0 Å². The minimum atomic E-state index is -0.588. The molecule has 0 aliphatic carbocycles. The van der Waals surface area contributed by atoms with E-state index < -0.39 is 11.6 Å². The molecule has 3 nitrogen and oxygen atoms in total. The van der Waals surface area contributed by atoms with Crippen molar-refractivity contribution in [3.05, 3.63) is 35.4 Å². The molecule has 1 aromatic rings. The first-order valence-corrected chi connectivity index (χ1v) is 6.50. The molecule has 0 spiro atoms. The predicted molar refractivity (Wildman–Crippen MR) is 73.4 cm³/mol. The molecule has 0 aliphatic heterocycles. The number of rotatable bonds is 6. The smallest absolute Gasteiger partial charge is 0.126 e. The molecule has 1 atom stereocenters. The lowest BCUT2D eigenvalue weighted by atomic mass is 9.80. The van der Waals surface area contributed by atoms with Gasteiger partial charge >= 0.3 is 0 Å². The summed E-state index contributed by atoms with van der Waals surface area (Å²) in [5.41, 5.74) is 2.95. The highest BCUT2D eigenvalue weighted by Gasteiger charge is 2.38. The molecule has 0 saturated heterocycles. The van der Waals surface area contributed by atoms with E-state index in [-0.39, 0.29) is 11.6 Å². The van der Waals surface area contributed by atoms with Crippen molar-refractivity contribution in [2.24, 2.45) is 5.84 Å². The average molecular weight is 271 g/mol. The van der Waals surface area contributed by atoms with Gasteiger partial charge in [-0.05, 0) is 44.6 Å². The number of hydrogen-bond acceptors (Lipinski definition) is 3. The normalized spacial score (nSPS) is 13.9. The molecular weight excluding hydrogens is 248 g/mol. The largest absolute Gasteiger partial charge is 0.302 e. The van der Waals surface area contributed by atoms with Crippen LogP contribution in [0.15, 0.2) is 18.2 Å². The van der Waals surface area contributed by atoms with Crippen molar-refractivity contribution in [1.29, 1.82) is 0 Å². The number of halogens is 2. The number of benzene rings is 1. The van der Waals surface area contributed by atoms with Gasteiger partial charge in [-0.15, -0.1) is 0 Å². The van der Waals surface area contributed by atoms with Gasteiger partial charge in [0.15, 0.2) is 0 Å². The van der Waals surface area contributed by atoms with E-state index in [0.29, 0.717) is 5.56 Å². The number of hydrogen-bond donors (Lipinski definition) is 2. The van der Waals surface area contributed by atoms with Crippen LogP contribution in [0.1, 0.15) is 38.3 Å². The van der Waals surface area contributed by atoms with E-state index in [1.54, 1.807) is 0 Å². The highest BCUT2D eigenvalue weighted by atomic mass is 19.1. The van der Waals surface area contributed by atoms with Gasteiger partial charge in [0.05, 0.1) is 6.04 Å². The summed E-state index contributed by atoms with van der Waals surface area (Å²) in [6.45, 7) is 4.09. The first-order valence-electron chi connectivity index (χ1n) is 6.50. The number of hydrazine groups is 1. The number of nitrogens with zero attached hydrogens (tertiary/aromatic N) is 1. The Morgan fingerprint density at radius 2 is 1.63 bits per heavy atom. The Bertz CT molecular complexity index is 397. The van der Waals surface area contributed by atoms with Crippen molar-refractivity contribution in [1.82, 2.24) is 10.3 Å². The molecule has 0 aliphatic rings. The number of nitrogens with one attached hydrogen (secondary N) is 1. The van der Waals surface area contributed by atoms with Gasteiger partial charge < -0.3 is 4.90 Å². The molecule has 1 aromatic carbocycles. The Morgan fingerprint density at radius 3 is 1.95 bits per heavy atom. The zero-order chi connectivity index (χ0) is 14.6. The Hall–Kier alpha value is -1.04. The van der Waals surface area contributed by atoms with Gasteiger partial charge in [-0.25, -0.2) is 8.78 Å². The highest BCUT2D eigenvalue weighted by molar-refractivity contribution is 5.25. The molecule has 0 aromatic heterocycles. The van der Waals surface area contributed by atoms with Crippen molar-refractivity contribution in [3.63, 3.8) is 0 Å². The minimum Gasteiger partial charge on any atom is -0.302 e. The standard InChI is InChI=1S/C14H23F2N3/c1-5-14(6-2,19(3)4)13(18-17)10-7-11(15)9-12(16)8-10/h7-9,13,18H,5-6,17H2,1-4H3. The van der Waals surface area contributed by atoms with Gasteiger partial charge in [-0.1, -0.05) is 13.8 Å². The van der Waals surface area contributed by atoms with Crippen LogP contribution in [-0.2, 0) is 0 Å². The molecule has 19 heavy (non-hydrogen) atoms. The summed E-state index contributed by atoms with van der Waals surface area (Å²) in [5.74, 6) is 4.48. The van der Waals surface area contributed by atoms with E-state index in [4.69, 9.17) is 5.84 Å². The Labute approximate surface area is 113 Å². The van der Waals surface area contributed by atoms with E-state index in [9.17, 15) is 8.78 Å². The Morgan fingerprint density at radius 1 is 1.16 bits per heavy atom. The molecule has 0 fully saturated rings. The van der Waals surface area contributed by atoms with Gasteiger partial charge in [0, 0.05) is 11.6 Å². The van der Waals surface area contributed by atoms with Crippen LogP contribution in [0.4, 0.5) is 8.78 Å². The number of nitrogens with two attached hydrogens (primary N) is 1. The highest BCUT2D eigenvalue weighted by Crippen LogP contribution is 2.35. The van der Waals surface area contributed by atoms with Gasteiger partial charge in [-0.2, -0.15) is 0 Å². The lowest BCUT2D eigenvalue weighted by Gasteiger charge is -2.45. The second-order valence-corrected chi connectivity index (χ2v) is 5.01. The molecule has 0 heterocycles. The average Bonchev–Trinajstić information content (AvgIpc) is 2.34. The second-order valence-electron chi connectivity index (χ2n) is 5.01. The molecule has 0 saturated carbocycles. The van der Waals surface area contributed by atoms with Crippen molar-refractivity contribution in [3.8, 4) is 0 Å². The van der Waals surface area contributed by atoms with Gasteiger partial charge in [0.25, 0.3) is 0 Å². The summed E-state index contributed by atoms with van der Waals surface area (Å²) < 4.78 is 26.8. The third kappa shape index (κ3) is 3.11. The fourth-order valence-electron chi connectivity index (χ4n) is 2.85. The molecular formula is C14H23F2N3. The van der Waals surface area contributed by atoms with E-state index in [1.807, 2.05) is 27.9 Å². The van der Waals surface area contributed by atoms with Crippen molar-refractivity contribution in [2.45, 2.75) is 38.3 Å². The number of likely N-dealkylation sites (N-methyl/N-ethyl adjacent to an activating group) is 1. The topological polar surface area (TPSA) is 41.3 Å². The van der Waals surface area contributed by atoms with Crippen LogP contribution in [0.3, 0.4) is 0 Å². The molecule has 5 heteroatoms. The van der Waals surface area contributed by atoms with Crippen LogP contribution in [0.5, 0.6) is 0 Å². The Balaban J connectivity index is 3.31. The van der Waals surface area contributed by atoms with Crippen LogP contribution in [0, 0.1) is 11.6 Å². The monoisotopic (exact) mass is 271 g/mol. The van der Waals surface area contributed by atoms with Crippen molar-refractivity contribution in [2.75, 3.05) is 14.1 Å². The first kappa shape index (κ1) is 16.0. The third-order valence-electron chi connectivity index (χ3n) is 4.04. The van der Waals surface area contributed by atoms with E-state index in [2.05, 4.69) is 10.3 Å². The molecule has 1 rings (SSSR count). The van der Waals surface area contributed by atoms with E-state index in [1.165, 1.54) is 12.1 Å². The summed E-state index contributed by atoms with van der Waals surface area (Å²) in [6.07, 6.45) is 1.62. The fraction of sp³-hybridized carbons (Fsp3) is 0.571. The maximum atomic E-state index is 13.4. The van der Waals surface area contributed by atoms with Gasteiger partial charge in [0.2, 0.25) is 0 Å². The molecule has 0 bridgehead atoms. The van der Waals surface area contributed by atoms with Crippen LogP contribution >= 0.6 is 0 Å². The SMILES string of the molecule is CCC(CC)(C(NN)c1cc(F)cc(F)c1)N(C)C. The molecule has 0 radical (unpaired) electrons. The molecule has 3 N–H and O–H groups in total.